The molecule has 2 aliphatic rings. The fraction of sp³-hybridized carbons (Fsp3) is 0.375. The summed E-state index contributed by atoms with van der Waals surface area (Å²) in [6.45, 7) is 0. The maximum Gasteiger partial charge on any atom is 0.307 e. The van der Waals surface area contributed by atoms with Gasteiger partial charge in [-0.05, 0) is 31.4 Å². The molecule has 0 bridgehead atoms. The van der Waals surface area contributed by atoms with Gasteiger partial charge in [0.25, 0.3) is 0 Å². The second-order valence-electron chi connectivity index (χ2n) is 6.18. The molecule has 23 heavy (non-hydrogen) atoms. The molecule has 7 nitrogen and oxygen atoms in total. The Morgan fingerprint density at radius 2 is 2.09 bits per heavy atom. The van der Waals surface area contributed by atoms with E-state index in [1.54, 1.807) is 12.1 Å². The Balaban J connectivity index is 1.47. The molecule has 0 aliphatic heterocycles. The minimum atomic E-state index is -0.910. The minimum absolute atomic E-state index is 0.247. The molecule has 4 rings (SSSR count). The summed E-state index contributed by atoms with van der Waals surface area (Å²) in [5.74, 6) is -0.111. The standard InChI is InChI=1S/C16H16N4O3/c21-15(11-7-12(11)16(22)23)17-10-3-1-2-9(6-10)14-18-13(19-20-14)8-4-5-8/h1-3,6,8,11-12H,4-5,7H2,(H,17,21)(H,22,23)(H,18,19,20)/t11-,12+/m1/s1. The van der Waals surface area contributed by atoms with Crippen molar-refractivity contribution >= 4 is 17.6 Å². The Kier molecular flexibility index (Phi) is 3.14. The normalized spacial score (nSPS) is 22.6. The predicted molar refractivity (Wildman–Crippen MR) is 81.7 cm³/mol. The van der Waals surface area contributed by atoms with Crippen LogP contribution in [0.15, 0.2) is 24.3 Å². The number of anilines is 1. The van der Waals surface area contributed by atoms with Gasteiger partial charge >= 0.3 is 5.97 Å². The third kappa shape index (κ3) is 2.81. The Labute approximate surface area is 132 Å². The molecular formula is C16H16N4O3. The first-order chi connectivity index (χ1) is 11.1. The Hall–Kier alpha value is -2.70. The lowest BCUT2D eigenvalue weighted by molar-refractivity contribution is -0.139. The second-order valence-corrected chi connectivity index (χ2v) is 6.18. The number of carbonyl (C=O) groups excluding carboxylic acids is 1. The molecule has 2 fully saturated rings. The summed E-state index contributed by atoms with van der Waals surface area (Å²) in [7, 11) is 0. The second kappa shape index (κ2) is 5.19. The lowest BCUT2D eigenvalue weighted by Crippen LogP contribution is -2.16. The highest BCUT2D eigenvalue weighted by atomic mass is 16.4. The van der Waals surface area contributed by atoms with Crippen LogP contribution in [0.3, 0.4) is 0 Å². The third-order valence-corrected chi connectivity index (χ3v) is 4.30. The molecule has 0 radical (unpaired) electrons. The van der Waals surface area contributed by atoms with Crippen molar-refractivity contribution in [3.05, 3.63) is 30.1 Å². The van der Waals surface area contributed by atoms with Crippen LogP contribution in [0.5, 0.6) is 0 Å². The van der Waals surface area contributed by atoms with Crippen LogP contribution in [0.2, 0.25) is 0 Å². The van der Waals surface area contributed by atoms with E-state index in [0.29, 0.717) is 23.9 Å². The largest absolute Gasteiger partial charge is 0.481 e. The van der Waals surface area contributed by atoms with Gasteiger partial charge in [0.2, 0.25) is 5.91 Å². The molecule has 2 saturated carbocycles. The van der Waals surface area contributed by atoms with Gasteiger partial charge in [-0.15, -0.1) is 0 Å². The number of hydrogen-bond acceptors (Lipinski definition) is 4. The van der Waals surface area contributed by atoms with Gasteiger partial charge < -0.3 is 10.4 Å². The van der Waals surface area contributed by atoms with E-state index < -0.39 is 17.8 Å². The summed E-state index contributed by atoms with van der Waals surface area (Å²) in [6, 6.07) is 7.27. The number of aromatic amines is 1. The number of hydrogen-bond donors (Lipinski definition) is 3. The lowest BCUT2D eigenvalue weighted by atomic mass is 10.2. The fourth-order valence-corrected chi connectivity index (χ4v) is 2.67. The molecule has 0 saturated heterocycles. The average molecular weight is 312 g/mol. The van der Waals surface area contributed by atoms with E-state index in [4.69, 9.17) is 5.11 Å². The van der Waals surface area contributed by atoms with Crippen molar-refractivity contribution < 1.29 is 14.7 Å². The molecule has 0 spiro atoms. The summed E-state index contributed by atoms with van der Waals surface area (Å²) in [6.07, 6.45) is 2.71. The van der Waals surface area contributed by atoms with Crippen LogP contribution in [0.25, 0.3) is 11.4 Å². The van der Waals surface area contributed by atoms with Crippen LogP contribution in [-0.4, -0.2) is 32.2 Å². The summed E-state index contributed by atoms with van der Waals surface area (Å²) in [5.41, 5.74) is 1.44. The zero-order valence-electron chi connectivity index (χ0n) is 12.3. The van der Waals surface area contributed by atoms with E-state index in [9.17, 15) is 9.59 Å². The van der Waals surface area contributed by atoms with Gasteiger partial charge in [-0.2, -0.15) is 5.10 Å². The molecule has 2 atom stereocenters. The first-order valence-corrected chi connectivity index (χ1v) is 7.68. The minimum Gasteiger partial charge on any atom is -0.481 e. The quantitative estimate of drug-likeness (QED) is 0.782. The highest BCUT2D eigenvalue weighted by molar-refractivity contribution is 5.98. The van der Waals surface area contributed by atoms with Gasteiger partial charge in [-0.25, -0.2) is 4.98 Å². The number of nitrogens with one attached hydrogen (secondary N) is 2. The molecular weight excluding hydrogens is 296 g/mol. The maximum absolute atomic E-state index is 12.0. The van der Waals surface area contributed by atoms with Crippen molar-refractivity contribution in [2.75, 3.05) is 5.32 Å². The van der Waals surface area contributed by atoms with Crippen molar-refractivity contribution in [1.29, 1.82) is 0 Å². The molecule has 0 unspecified atom stereocenters. The molecule has 2 aromatic rings. The van der Waals surface area contributed by atoms with E-state index in [0.717, 1.165) is 24.2 Å². The number of nitrogens with zero attached hydrogens (tertiary/aromatic N) is 2. The molecule has 2 aliphatic carbocycles. The third-order valence-electron chi connectivity index (χ3n) is 4.30. The number of carbonyl (C=O) groups is 2. The number of H-pyrrole nitrogens is 1. The first-order valence-electron chi connectivity index (χ1n) is 7.68. The van der Waals surface area contributed by atoms with E-state index in [2.05, 4.69) is 20.5 Å². The van der Waals surface area contributed by atoms with E-state index in [1.165, 1.54) is 0 Å². The van der Waals surface area contributed by atoms with Crippen LogP contribution < -0.4 is 5.32 Å². The zero-order chi connectivity index (χ0) is 16.0. The molecule has 3 N–H and O–H groups in total. The number of carboxylic acid groups (broad SMARTS) is 1. The van der Waals surface area contributed by atoms with E-state index in [1.807, 2.05) is 12.1 Å². The highest BCUT2D eigenvalue weighted by Crippen LogP contribution is 2.40. The topological polar surface area (TPSA) is 108 Å². The average Bonchev–Trinajstić information content (AvgIpc) is 3.45. The predicted octanol–water partition coefficient (Wildman–Crippen LogP) is 2.01. The zero-order valence-corrected chi connectivity index (χ0v) is 12.3. The van der Waals surface area contributed by atoms with Gasteiger partial charge in [0, 0.05) is 17.2 Å². The summed E-state index contributed by atoms with van der Waals surface area (Å²) in [4.78, 5) is 27.3. The van der Waals surface area contributed by atoms with Gasteiger partial charge in [0.1, 0.15) is 5.82 Å². The lowest BCUT2D eigenvalue weighted by Gasteiger charge is -2.05. The molecule has 1 aromatic carbocycles. The van der Waals surface area contributed by atoms with Gasteiger partial charge in [0.05, 0.1) is 11.8 Å². The van der Waals surface area contributed by atoms with Crippen molar-refractivity contribution in [3.8, 4) is 11.4 Å². The van der Waals surface area contributed by atoms with Crippen LogP contribution >= 0.6 is 0 Å². The van der Waals surface area contributed by atoms with Gasteiger partial charge in [-0.1, -0.05) is 12.1 Å². The molecule has 1 amide bonds. The number of aliphatic carboxylic acids is 1. The highest BCUT2D eigenvalue weighted by Gasteiger charge is 2.48. The van der Waals surface area contributed by atoms with Crippen LogP contribution in [-0.2, 0) is 9.59 Å². The number of carboxylic acids is 1. The van der Waals surface area contributed by atoms with Crippen LogP contribution in [0.4, 0.5) is 5.69 Å². The number of rotatable bonds is 5. The summed E-state index contributed by atoms with van der Waals surface area (Å²) >= 11 is 0. The molecule has 1 aromatic heterocycles. The first kappa shape index (κ1) is 13.9. The number of amides is 1. The smallest absolute Gasteiger partial charge is 0.307 e. The molecule has 7 heteroatoms. The van der Waals surface area contributed by atoms with Crippen molar-refractivity contribution in [2.24, 2.45) is 11.8 Å². The van der Waals surface area contributed by atoms with Crippen molar-refractivity contribution in [1.82, 2.24) is 15.2 Å². The SMILES string of the molecule is O=C(O)[C@H]1C[C@H]1C(=O)Nc1cccc(-c2n[nH]c(C3CC3)n2)c1. The van der Waals surface area contributed by atoms with Crippen molar-refractivity contribution in [2.45, 2.75) is 25.2 Å². The van der Waals surface area contributed by atoms with Gasteiger partial charge in [-0.3, -0.25) is 14.7 Å². The maximum atomic E-state index is 12.0. The molecule has 118 valence electrons. The van der Waals surface area contributed by atoms with Gasteiger partial charge in [0.15, 0.2) is 5.82 Å². The van der Waals surface area contributed by atoms with Crippen molar-refractivity contribution in [3.63, 3.8) is 0 Å². The molecule has 1 heterocycles. The Bertz CT molecular complexity index is 781. The van der Waals surface area contributed by atoms with Crippen LogP contribution in [0.1, 0.15) is 31.0 Å². The summed E-state index contributed by atoms with van der Waals surface area (Å²) in [5, 5.41) is 18.8. The summed E-state index contributed by atoms with van der Waals surface area (Å²) < 4.78 is 0. The van der Waals surface area contributed by atoms with E-state index in [-0.39, 0.29) is 5.91 Å². The monoisotopic (exact) mass is 312 g/mol. The number of benzene rings is 1. The fourth-order valence-electron chi connectivity index (χ4n) is 2.67. The van der Waals surface area contributed by atoms with E-state index >= 15 is 0 Å². The number of aromatic nitrogens is 3. The van der Waals surface area contributed by atoms with Crippen LogP contribution in [0, 0.1) is 11.8 Å². The Morgan fingerprint density at radius 1 is 1.26 bits per heavy atom. The Morgan fingerprint density at radius 3 is 2.78 bits per heavy atom.